The molecule has 1 aromatic carbocycles. The standard InChI is InChI=1S/C14H24N2O/c1-5-14(15-10-11-16(2)3)12-6-8-13(17-4)9-7-12/h6-9,14-15H,5,10-11H2,1-4H3. The van der Waals surface area contributed by atoms with E-state index in [-0.39, 0.29) is 0 Å². The minimum Gasteiger partial charge on any atom is -0.497 e. The molecule has 1 rings (SSSR count). The molecule has 1 aromatic rings. The van der Waals surface area contributed by atoms with Crippen molar-refractivity contribution >= 4 is 0 Å². The summed E-state index contributed by atoms with van der Waals surface area (Å²) < 4.78 is 5.17. The summed E-state index contributed by atoms with van der Waals surface area (Å²) in [5.74, 6) is 0.914. The molecule has 0 aromatic heterocycles. The highest BCUT2D eigenvalue weighted by Crippen LogP contribution is 2.19. The average molecular weight is 236 g/mol. The number of nitrogens with one attached hydrogen (secondary N) is 1. The maximum Gasteiger partial charge on any atom is 0.118 e. The Morgan fingerprint density at radius 3 is 2.35 bits per heavy atom. The molecule has 0 saturated heterocycles. The summed E-state index contributed by atoms with van der Waals surface area (Å²) in [7, 11) is 5.88. The van der Waals surface area contributed by atoms with Gasteiger partial charge in [0.2, 0.25) is 0 Å². The molecule has 0 amide bonds. The van der Waals surface area contributed by atoms with Gasteiger partial charge in [-0.2, -0.15) is 0 Å². The number of methoxy groups -OCH3 is 1. The molecular formula is C14H24N2O. The molecule has 96 valence electrons. The lowest BCUT2D eigenvalue weighted by Gasteiger charge is -2.19. The van der Waals surface area contributed by atoms with E-state index in [1.165, 1.54) is 5.56 Å². The van der Waals surface area contributed by atoms with Gasteiger partial charge in [0.25, 0.3) is 0 Å². The normalized spacial score (nSPS) is 12.8. The second-order valence-electron chi connectivity index (χ2n) is 4.49. The molecule has 0 aliphatic heterocycles. The smallest absolute Gasteiger partial charge is 0.118 e. The fourth-order valence-electron chi connectivity index (χ4n) is 1.80. The van der Waals surface area contributed by atoms with Gasteiger partial charge in [0.05, 0.1) is 7.11 Å². The Kier molecular flexibility index (Phi) is 6.01. The molecule has 0 heterocycles. The zero-order chi connectivity index (χ0) is 12.7. The summed E-state index contributed by atoms with van der Waals surface area (Å²) in [4.78, 5) is 2.19. The summed E-state index contributed by atoms with van der Waals surface area (Å²) in [5.41, 5.74) is 1.33. The van der Waals surface area contributed by atoms with Gasteiger partial charge < -0.3 is 15.0 Å². The van der Waals surface area contributed by atoms with E-state index in [4.69, 9.17) is 4.74 Å². The molecule has 0 aliphatic carbocycles. The van der Waals surface area contributed by atoms with E-state index in [2.05, 4.69) is 43.4 Å². The third-order valence-electron chi connectivity index (χ3n) is 2.88. The SMILES string of the molecule is CCC(NCCN(C)C)c1ccc(OC)cc1. The Labute approximate surface area is 105 Å². The molecule has 1 N–H and O–H groups in total. The lowest BCUT2D eigenvalue weighted by Crippen LogP contribution is -2.29. The molecule has 0 fully saturated rings. The minimum atomic E-state index is 0.431. The quantitative estimate of drug-likeness (QED) is 0.786. The van der Waals surface area contributed by atoms with Gasteiger partial charge in [-0.25, -0.2) is 0 Å². The van der Waals surface area contributed by atoms with Crippen LogP contribution in [-0.2, 0) is 0 Å². The third kappa shape index (κ3) is 4.75. The predicted octanol–water partition coefficient (Wildman–Crippen LogP) is 2.30. The van der Waals surface area contributed by atoms with Crippen LogP contribution in [0.3, 0.4) is 0 Å². The number of hydrogen-bond donors (Lipinski definition) is 1. The van der Waals surface area contributed by atoms with Gasteiger partial charge in [0.15, 0.2) is 0 Å². The van der Waals surface area contributed by atoms with Crippen LogP contribution in [0.25, 0.3) is 0 Å². The molecule has 3 nitrogen and oxygen atoms in total. The molecule has 1 atom stereocenters. The van der Waals surface area contributed by atoms with Gasteiger partial charge in [-0.15, -0.1) is 0 Å². The van der Waals surface area contributed by atoms with Crippen LogP contribution < -0.4 is 10.1 Å². The van der Waals surface area contributed by atoms with Gasteiger partial charge in [-0.05, 0) is 38.2 Å². The van der Waals surface area contributed by atoms with Crippen LogP contribution in [0.15, 0.2) is 24.3 Å². The maximum absolute atomic E-state index is 5.17. The number of rotatable bonds is 7. The highest BCUT2D eigenvalue weighted by Gasteiger charge is 2.08. The van der Waals surface area contributed by atoms with Crippen molar-refractivity contribution in [1.82, 2.24) is 10.2 Å². The summed E-state index contributed by atoms with van der Waals surface area (Å²) in [6, 6.07) is 8.74. The van der Waals surface area contributed by atoms with E-state index in [1.54, 1.807) is 7.11 Å². The fourth-order valence-corrected chi connectivity index (χ4v) is 1.80. The van der Waals surface area contributed by atoms with Crippen molar-refractivity contribution < 1.29 is 4.74 Å². The molecule has 3 heteroatoms. The lowest BCUT2D eigenvalue weighted by molar-refractivity contribution is 0.382. The van der Waals surface area contributed by atoms with E-state index >= 15 is 0 Å². The minimum absolute atomic E-state index is 0.431. The fraction of sp³-hybridized carbons (Fsp3) is 0.571. The van der Waals surface area contributed by atoms with Gasteiger partial charge >= 0.3 is 0 Å². The van der Waals surface area contributed by atoms with Gasteiger partial charge in [-0.3, -0.25) is 0 Å². The van der Waals surface area contributed by atoms with Gasteiger partial charge in [-0.1, -0.05) is 19.1 Å². The Morgan fingerprint density at radius 1 is 1.24 bits per heavy atom. The number of likely N-dealkylation sites (N-methyl/N-ethyl adjacent to an activating group) is 1. The Balaban J connectivity index is 2.53. The molecule has 0 radical (unpaired) electrons. The van der Waals surface area contributed by atoms with Gasteiger partial charge in [0, 0.05) is 19.1 Å². The highest BCUT2D eigenvalue weighted by molar-refractivity contribution is 5.29. The summed E-state index contributed by atoms with van der Waals surface area (Å²) in [6.45, 7) is 4.28. The molecular weight excluding hydrogens is 212 g/mol. The lowest BCUT2D eigenvalue weighted by atomic mass is 10.0. The van der Waals surface area contributed by atoms with E-state index in [9.17, 15) is 0 Å². The Hall–Kier alpha value is -1.06. The van der Waals surface area contributed by atoms with Crippen molar-refractivity contribution in [2.24, 2.45) is 0 Å². The van der Waals surface area contributed by atoms with Crippen molar-refractivity contribution in [2.45, 2.75) is 19.4 Å². The largest absolute Gasteiger partial charge is 0.497 e. The molecule has 0 saturated carbocycles. The monoisotopic (exact) mass is 236 g/mol. The van der Waals surface area contributed by atoms with Crippen molar-refractivity contribution in [2.75, 3.05) is 34.3 Å². The Morgan fingerprint density at radius 2 is 1.88 bits per heavy atom. The third-order valence-corrected chi connectivity index (χ3v) is 2.88. The zero-order valence-electron chi connectivity index (χ0n) is 11.4. The topological polar surface area (TPSA) is 24.5 Å². The van der Waals surface area contributed by atoms with Crippen LogP contribution in [-0.4, -0.2) is 39.2 Å². The van der Waals surface area contributed by atoms with Crippen LogP contribution in [0.4, 0.5) is 0 Å². The summed E-state index contributed by atoms with van der Waals surface area (Å²) in [6.07, 6.45) is 1.10. The summed E-state index contributed by atoms with van der Waals surface area (Å²) >= 11 is 0. The van der Waals surface area contributed by atoms with Crippen molar-refractivity contribution in [3.63, 3.8) is 0 Å². The number of nitrogens with zero attached hydrogens (tertiary/aromatic N) is 1. The van der Waals surface area contributed by atoms with Crippen LogP contribution in [0, 0.1) is 0 Å². The molecule has 17 heavy (non-hydrogen) atoms. The van der Waals surface area contributed by atoms with E-state index < -0.39 is 0 Å². The first kappa shape index (κ1) is 14.0. The molecule has 1 unspecified atom stereocenters. The number of ether oxygens (including phenoxy) is 1. The van der Waals surface area contributed by atoms with Crippen LogP contribution in [0.1, 0.15) is 24.9 Å². The zero-order valence-corrected chi connectivity index (χ0v) is 11.4. The molecule has 0 bridgehead atoms. The van der Waals surface area contributed by atoms with Crippen molar-refractivity contribution in [1.29, 1.82) is 0 Å². The molecule has 0 aliphatic rings. The number of hydrogen-bond acceptors (Lipinski definition) is 3. The summed E-state index contributed by atoms with van der Waals surface area (Å²) in [5, 5.41) is 3.57. The first-order chi connectivity index (χ1) is 8.17. The average Bonchev–Trinajstić information content (AvgIpc) is 2.34. The first-order valence-electron chi connectivity index (χ1n) is 6.19. The van der Waals surface area contributed by atoms with Crippen molar-refractivity contribution in [3.8, 4) is 5.75 Å². The van der Waals surface area contributed by atoms with E-state index in [0.29, 0.717) is 6.04 Å². The molecule has 0 spiro atoms. The van der Waals surface area contributed by atoms with E-state index in [1.807, 2.05) is 12.1 Å². The highest BCUT2D eigenvalue weighted by atomic mass is 16.5. The number of benzene rings is 1. The maximum atomic E-state index is 5.17. The van der Waals surface area contributed by atoms with Gasteiger partial charge in [0.1, 0.15) is 5.75 Å². The first-order valence-corrected chi connectivity index (χ1v) is 6.19. The predicted molar refractivity (Wildman–Crippen MR) is 72.6 cm³/mol. The van der Waals surface area contributed by atoms with Crippen LogP contribution in [0.5, 0.6) is 5.75 Å². The Bertz CT molecular complexity index is 309. The van der Waals surface area contributed by atoms with E-state index in [0.717, 1.165) is 25.3 Å². The van der Waals surface area contributed by atoms with Crippen molar-refractivity contribution in [3.05, 3.63) is 29.8 Å². The second kappa shape index (κ2) is 7.30. The van der Waals surface area contributed by atoms with Crippen LogP contribution in [0.2, 0.25) is 0 Å². The van der Waals surface area contributed by atoms with Crippen LogP contribution >= 0.6 is 0 Å². The second-order valence-corrected chi connectivity index (χ2v) is 4.49.